The van der Waals surface area contributed by atoms with E-state index in [1.165, 1.54) is 11.3 Å². The van der Waals surface area contributed by atoms with Crippen LogP contribution < -0.4 is 21.1 Å². The van der Waals surface area contributed by atoms with E-state index in [0.717, 1.165) is 42.5 Å². The summed E-state index contributed by atoms with van der Waals surface area (Å²) >= 11 is 6.81. The Labute approximate surface area is 186 Å². The first-order valence-corrected chi connectivity index (χ1v) is 11.4. The molecule has 2 aromatic rings. The van der Waals surface area contributed by atoms with Gasteiger partial charge in [-0.3, -0.25) is 14.9 Å². The molecular formula is C22H27N3O3S2. The van der Waals surface area contributed by atoms with Crippen molar-refractivity contribution < 1.29 is 14.3 Å². The van der Waals surface area contributed by atoms with Crippen LogP contribution in [0, 0.1) is 5.92 Å². The first-order chi connectivity index (χ1) is 14.4. The van der Waals surface area contributed by atoms with Crippen molar-refractivity contribution in [2.45, 2.75) is 46.0 Å². The highest BCUT2D eigenvalue weighted by atomic mass is 32.1. The van der Waals surface area contributed by atoms with Crippen LogP contribution in [0.4, 0.5) is 5.00 Å². The molecule has 4 N–H and O–H groups in total. The number of carbonyl (C=O) groups is 2. The summed E-state index contributed by atoms with van der Waals surface area (Å²) in [5, 5.41) is 6.41. The highest BCUT2D eigenvalue weighted by molar-refractivity contribution is 7.80. The molecule has 0 unspecified atom stereocenters. The third-order valence-electron chi connectivity index (χ3n) is 5.08. The number of rotatable bonds is 7. The summed E-state index contributed by atoms with van der Waals surface area (Å²) in [6.45, 7) is 4.90. The van der Waals surface area contributed by atoms with Crippen LogP contribution in [0.5, 0.6) is 5.75 Å². The van der Waals surface area contributed by atoms with Crippen molar-refractivity contribution in [1.29, 1.82) is 0 Å². The molecule has 1 atom stereocenters. The van der Waals surface area contributed by atoms with Gasteiger partial charge in [-0.25, -0.2) is 0 Å². The van der Waals surface area contributed by atoms with Crippen molar-refractivity contribution >= 4 is 45.5 Å². The third-order valence-corrected chi connectivity index (χ3v) is 6.45. The van der Waals surface area contributed by atoms with E-state index in [1.54, 1.807) is 18.2 Å². The second-order valence-electron chi connectivity index (χ2n) is 7.56. The number of hydrogen-bond acceptors (Lipinski definition) is 5. The molecule has 1 aliphatic carbocycles. The minimum absolute atomic E-state index is 0.131. The van der Waals surface area contributed by atoms with Crippen LogP contribution in [0.15, 0.2) is 24.3 Å². The summed E-state index contributed by atoms with van der Waals surface area (Å²) in [6, 6.07) is 6.98. The van der Waals surface area contributed by atoms with Gasteiger partial charge in [0.05, 0.1) is 12.2 Å². The van der Waals surface area contributed by atoms with Gasteiger partial charge in [0.1, 0.15) is 10.8 Å². The summed E-state index contributed by atoms with van der Waals surface area (Å²) in [6.07, 6.45) is 4.78. The Kier molecular flexibility index (Phi) is 7.44. The fourth-order valence-corrected chi connectivity index (χ4v) is 5.15. The number of thiocarbonyl (C=S) groups is 1. The second kappa shape index (κ2) is 10.0. The van der Waals surface area contributed by atoms with Crippen molar-refractivity contribution in [1.82, 2.24) is 5.32 Å². The lowest BCUT2D eigenvalue weighted by atomic mass is 9.88. The number of amides is 2. The molecule has 160 valence electrons. The average Bonchev–Trinajstić information content (AvgIpc) is 3.05. The molecule has 3 rings (SSSR count). The summed E-state index contributed by atoms with van der Waals surface area (Å²) in [5.41, 5.74) is 7.59. The summed E-state index contributed by atoms with van der Waals surface area (Å²) < 4.78 is 5.66. The number of thiophene rings is 1. The Bertz CT molecular complexity index is 955. The lowest BCUT2D eigenvalue weighted by molar-refractivity contribution is 0.0975. The standard InChI is InChI=1S/C22H27N3O3S2/c1-3-4-10-28-15-7-5-6-14(12-15)20(27)24-22(29)25-21-18(19(23)26)16-9-8-13(2)11-17(16)30-21/h5-7,12-13H,3-4,8-11H2,1-2H3,(H2,23,26)(H2,24,25,27,29)/t13-/m1/s1. The number of anilines is 1. The van der Waals surface area contributed by atoms with Crippen LogP contribution in [0.25, 0.3) is 0 Å². The lowest BCUT2D eigenvalue weighted by Gasteiger charge is -2.18. The highest BCUT2D eigenvalue weighted by Crippen LogP contribution is 2.39. The van der Waals surface area contributed by atoms with E-state index in [2.05, 4.69) is 24.5 Å². The monoisotopic (exact) mass is 445 g/mol. The van der Waals surface area contributed by atoms with Crippen LogP contribution in [0.1, 0.15) is 64.3 Å². The van der Waals surface area contributed by atoms with Crippen molar-refractivity contribution in [3.05, 3.63) is 45.8 Å². The first kappa shape index (κ1) is 22.2. The molecule has 1 aromatic heterocycles. The Morgan fingerprint density at radius 2 is 2.17 bits per heavy atom. The van der Waals surface area contributed by atoms with Gasteiger partial charge in [-0.15, -0.1) is 11.3 Å². The van der Waals surface area contributed by atoms with Gasteiger partial charge in [0.2, 0.25) is 0 Å². The normalized spacial score (nSPS) is 15.2. The van der Waals surface area contributed by atoms with E-state index in [9.17, 15) is 9.59 Å². The van der Waals surface area contributed by atoms with Gasteiger partial charge in [-0.05, 0) is 67.6 Å². The minimum Gasteiger partial charge on any atom is -0.494 e. The van der Waals surface area contributed by atoms with E-state index >= 15 is 0 Å². The Hall–Kier alpha value is -2.45. The Balaban J connectivity index is 1.68. The van der Waals surface area contributed by atoms with Crippen molar-refractivity contribution in [3.8, 4) is 5.75 Å². The van der Waals surface area contributed by atoms with Gasteiger partial charge in [0.25, 0.3) is 11.8 Å². The molecule has 0 fully saturated rings. The average molecular weight is 446 g/mol. The smallest absolute Gasteiger partial charge is 0.257 e. The van der Waals surface area contributed by atoms with Crippen LogP contribution >= 0.6 is 23.6 Å². The predicted octanol–water partition coefficient (Wildman–Crippen LogP) is 4.28. The molecular weight excluding hydrogens is 418 g/mol. The number of fused-ring (bicyclic) bond motifs is 1. The number of nitrogens with two attached hydrogens (primary N) is 1. The Morgan fingerprint density at radius 1 is 1.37 bits per heavy atom. The van der Waals surface area contributed by atoms with Crippen LogP contribution in [0.3, 0.4) is 0 Å². The number of carbonyl (C=O) groups excluding carboxylic acids is 2. The Morgan fingerprint density at radius 3 is 2.90 bits per heavy atom. The molecule has 30 heavy (non-hydrogen) atoms. The molecule has 1 aliphatic rings. The molecule has 0 bridgehead atoms. The maximum absolute atomic E-state index is 12.6. The van der Waals surface area contributed by atoms with Gasteiger partial charge in [0.15, 0.2) is 5.11 Å². The maximum Gasteiger partial charge on any atom is 0.257 e. The van der Waals surface area contributed by atoms with E-state index < -0.39 is 5.91 Å². The van der Waals surface area contributed by atoms with Crippen LogP contribution in [-0.2, 0) is 12.8 Å². The summed E-state index contributed by atoms with van der Waals surface area (Å²) in [4.78, 5) is 25.8. The minimum atomic E-state index is -0.476. The zero-order valence-electron chi connectivity index (χ0n) is 17.2. The molecule has 1 aromatic carbocycles. The van der Waals surface area contributed by atoms with Crippen LogP contribution in [0.2, 0.25) is 0 Å². The zero-order valence-corrected chi connectivity index (χ0v) is 18.9. The fraction of sp³-hybridized carbons (Fsp3) is 0.409. The maximum atomic E-state index is 12.6. The summed E-state index contributed by atoms with van der Waals surface area (Å²) in [5.74, 6) is 0.397. The summed E-state index contributed by atoms with van der Waals surface area (Å²) in [7, 11) is 0. The number of unbranched alkanes of at least 4 members (excludes halogenated alkanes) is 1. The largest absolute Gasteiger partial charge is 0.494 e. The van der Waals surface area contributed by atoms with Gasteiger partial charge in [0, 0.05) is 10.4 Å². The molecule has 0 saturated heterocycles. The molecule has 0 spiro atoms. The van der Waals surface area contributed by atoms with Gasteiger partial charge >= 0.3 is 0 Å². The molecule has 0 aliphatic heterocycles. The van der Waals surface area contributed by atoms with Gasteiger partial charge in [-0.2, -0.15) is 0 Å². The van der Waals surface area contributed by atoms with Gasteiger partial charge < -0.3 is 15.8 Å². The van der Waals surface area contributed by atoms with Crippen molar-refractivity contribution in [2.75, 3.05) is 11.9 Å². The fourth-order valence-electron chi connectivity index (χ4n) is 3.47. The van der Waals surface area contributed by atoms with Crippen LogP contribution in [-0.4, -0.2) is 23.5 Å². The molecule has 8 heteroatoms. The zero-order chi connectivity index (χ0) is 21.7. The molecule has 2 amide bonds. The number of ether oxygens (including phenoxy) is 1. The number of hydrogen-bond donors (Lipinski definition) is 3. The van der Waals surface area contributed by atoms with E-state index in [1.807, 2.05) is 6.07 Å². The number of benzene rings is 1. The van der Waals surface area contributed by atoms with Crippen molar-refractivity contribution in [2.24, 2.45) is 11.7 Å². The number of nitrogens with one attached hydrogen (secondary N) is 2. The van der Waals surface area contributed by atoms with E-state index in [0.29, 0.717) is 34.4 Å². The topological polar surface area (TPSA) is 93.4 Å². The third kappa shape index (κ3) is 5.37. The number of primary amides is 1. The molecule has 1 heterocycles. The second-order valence-corrected chi connectivity index (χ2v) is 9.07. The van der Waals surface area contributed by atoms with E-state index in [-0.39, 0.29) is 11.0 Å². The first-order valence-electron chi connectivity index (χ1n) is 10.2. The lowest BCUT2D eigenvalue weighted by Crippen LogP contribution is -2.34. The van der Waals surface area contributed by atoms with Gasteiger partial charge in [-0.1, -0.05) is 26.3 Å². The molecule has 6 nitrogen and oxygen atoms in total. The van der Waals surface area contributed by atoms with E-state index in [4.69, 9.17) is 22.7 Å². The SMILES string of the molecule is CCCCOc1cccc(C(=O)NC(=S)Nc2sc3c(c2C(N)=O)CC[C@@H](C)C3)c1. The highest BCUT2D eigenvalue weighted by Gasteiger charge is 2.27. The molecule has 0 saturated carbocycles. The molecule has 0 radical (unpaired) electrons. The predicted molar refractivity (Wildman–Crippen MR) is 125 cm³/mol. The quantitative estimate of drug-likeness (QED) is 0.437. The van der Waals surface area contributed by atoms with Crippen molar-refractivity contribution in [3.63, 3.8) is 0 Å².